The molecule has 0 bridgehead atoms. The third-order valence-corrected chi connectivity index (χ3v) is 6.04. The summed E-state index contributed by atoms with van der Waals surface area (Å²) in [5.41, 5.74) is 8.14. The van der Waals surface area contributed by atoms with Crippen LogP contribution in [-0.4, -0.2) is 44.0 Å². The number of rotatable bonds is 6. The number of benzene rings is 2. The molecule has 2 saturated heterocycles. The number of methoxy groups -OCH3 is 1. The number of carbonyl (C=O) groups is 1. The summed E-state index contributed by atoms with van der Waals surface area (Å²) in [6.45, 7) is 3.44. The van der Waals surface area contributed by atoms with E-state index in [1.54, 1.807) is 19.2 Å². The Kier molecular flexibility index (Phi) is 6.23. The van der Waals surface area contributed by atoms with Crippen LogP contribution in [0.5, 0.6) is 5.75 Å². The molecule has 29 heavy (non-hydrogen) atoms. The lowest BCUT2D eigenvalue weighted by Gasteiger charge is -2.34. The highest BCUT2D eigenvalue weighted by atomic mass is 19.1. The van der Waals surface area contributed by atoms with E-state index in [0.29, 0.717) is 17.2 Å². The smallest absolute Gasteiger partial charge is 0.170 e. The Balaban J connectivity index is 1.43. The predicted octanol–water partition coefficient (Wildman–Crippen LogP) is 3.19. The number of ketones is 1. The van der Waals surface area contributed by atoms with Crippen LogP contribution in [0.4, 0.5) is 4.39 Å². The van der Waals surface area contributed by atoms with Gasteiger partial charge in [-0.1, -0.05) is 24.3 Å². The number of halogens is 1. The van der Waals surface area contributed by atoms with Crippen molar-refractivity contribution in [3.8, 4) is 5.75 Å². The molecular formula is C23H28FN3O2. The van der Waals surface area contributed by atoms with E-state index >= 15 is 0 Å². The third-order valence-electron chi connectivity index (χ3n) is 6.04. The van der Waals surface area contributed by atoms with Gasteiger partial charge in [0, 0.05) is 31.5 Å². The molecule has 0 aliphatic carbocycles. The van der Waals surface area contributed by atoms with Crippen molar-refractivity contribution in [1.29, 1.82) is 0 Å². The van der Waals surface area contributed by atoms with Crippen LogP contribution in [0.3, 0.4) is 0 Å². The number of carbonyl (C=O) groups excluding carboxylic acids is 1. The lowest BCUT2D eigenvalue weighted by atomic mass is 9.88. The number of likely N-dealkylation sites (tertiary alicyclic amines) is 1. The van der Waals surface area contributed by atoms with Gasteiger partial charge in [0.25, 0.3) is 0 Å². The van der Waals surface area contributed by atoms with E-state index in [4.69, 9.17) is 4.74 Å². The molecule has 0 spiro atoms. The molecule has 3 atom stereocenters. The monoisotopic (exact) mass is 397 g/mol. The summed E-state index contributed by atoms with van der Waals surface area (Å²) in [5.74, 6) is 0.892. The van der Waals surface area contributed by atoms with E-state index in [9.17, 15) is 9.18 Å². The molecular weight excluding hydrogens is 369 g/mol. The van der Waals surface area contributed by atoms with E-state index < -0.39 is 0 Å². The Morgan fingerprint density at radius 3 is 2.93 bits per heavy atom. The minimum atomic E-state index is -0.213. The topological polar surface area (TPSA) is 53.6 Å². The van der Waals surface area contributed by atoms with Gasteiger partial charge in [0.1, 0.15) is 11.6 Å². The number of nitrogens with zero attached hydrogens (tertiary/aromatic N) is 1. The molecule has 5 nitrogen and oxygen atoms in total. The lowest BCUT2D eigenvalue weighted by molar-refractivity contribution is 0.0795. The van der Waals surface area contributed by atoms with E-state index in [-0.39, 0.29) is 23.6 Å². The third kappa shape index (κ3) is 4.50. The number of Topliss-reactive ketones (excluding diaryl/α,β-unsaturated/α-hetero) is 1. The Labute approximate surface area is 171 Å². The normalized spacial score (nSPS) is 25.1. The maximum absolute atomic E-state index is 13.7. The number of hydrazine groups is 1. The number of para-hydroxylation sites is 1. The first-order valence-corrected chi connectivity index (χ1v) is 10.3. The molecule has 2 aromatic rings. The molecule has 4 rings (SSSR count). The average molecular weight is 397 g/mol. The molecule has 2 aliphatic rings. The zero-order valence-corrected chi connectivity index (χ0v) is 16.7. The number of hydrogen-bond acceptors (Lipinski definition) is 5. The van der Waals surface area contributed by atoms with Crippen molar-refractivity contribution >= 4 is 5.78 Å². The SMILES string of the molecule is COc1ccccc1C(=O)C1CCCN(CC2CNNC2c2cccc(F)c2)C1. The Hall–Kier alpha value is -2.28. The second-order valence-electron chi connectivity index (χ2n) is 7.98. The maximum atomic E-state index is 13.7. The fourth-order valence-corrected chi connectivity index (χ4v) is 4.60. The molecule has 2 fully saturated rings. The fraction of sp³-hybridized carbons (Fsp3) is 0.435. The van der Waals surface area contributed by atoms with Crippen molar-refractivity contribution in [2.75, 3.05) is 33.3 Å². The molecule has 0 aromatic heterocycles. The zero-order chi connectivity index (χ0) is 20.2. The summed E-state index contributed by atoms with van der Waals surface area (Å²) in [4.78, 5) is 15.5. The number of piperidine rings is 1. The van der Waals surface area contributed by atoms with Gasteiger partial charge in [-0.25, -0.2) is 9.82 Å². The first-order valence-electron chi connectivity index (χ1n) is 10.3. The van der Waals surface area contributed by atoms with Crippen LogP contribution in [0.15, 0.2) is 48.5 Å². The molecule has 2 aliphatic heterocycles. The lowest BCUT2D eigenvalue weighted by Crippen LogP contribution is -2.42. The van der Waals surface area contributed by atoms with Crippen LogP contribution in [0.25, 0.3) is 0 Å². The molecule has 2 N–H and O–H groups in total. The highest BCUT2D eigenvalue weighted by Crippen LogP contribution is 2.30. The summed E-state index contributed by atoms with van der Waals surface area (Å²) in [6, 6.07) is 14.3. The van der Waals surface area contributed by atoms with Crippen molar-refractivity contribution < 1.29 is 13.9 Å². The molecule has 3 unspecified atom stereocenters. The largest absolute Gasteiger partial charge is 0.496 e. The van der Waals surface area contributed by atoms with Gasteiger partial charge in [-0.15, -0.1) is 0 Å². The van der Waals surface area contributed by atoms with Crippen molar-refractivity contribution in [3.05, 3.63) is 65.5 Å². The second-order valence-corrected chi connectivity index (χ2v) is 7.98. The van der Waals surface area contributed by atoms with Gasteiger partial charge in [0.05, 0.1) is 18.7 Å². The van der Waals surface area contributed by atoms with Gasteiger partial charge in [0.15, 0.2) is 5.78 Å². The number of nitrogens with one attached hydrogen (secondary N) is 2. The van der Waals surface area contributed by atoms with Crippen LogP contribution >= 0.6 is 0 Å². The molecule has 0 amide bonds. The minimum Gasteiger partial charge on any atom is -0.496 e. The molecule has 0 radical (unpaired) electrons. The number of ether oxygens (including phenoxy) is 1. The van der Waals surface area contributed by atoms with Crippen LogP contribution in [0.2, 0.25) is 0 Å². The summed E-state index contributed by atoms with van der Waals surface area (Å²) < 4.78 is 19.0. The first-order chi connectivity index (χ1) is 14.2. The van der Waals surface area contributed by atoms with Crippen LogP contribution in [0, 0.1) is 17.7 Å². The first kappa shape index (κ1) is 20.0. The van der Waals surface area contributed by atoms with Gasteiger partial charge < -0.3 is 9.64 Å². The Bertz CT molecular complexity index is 860. The van der Waals surface area contributed by atoms with Crippen molar-refractivity contribution in [3.63, 3.8) is 0 Å². The van der Waals surface area contributed by atoms with Crippen LogP contribution < -0.4 is 15.6 Å². The van der Waals surface area contributed by atoms with E-state index in [0.717, 1.165) is 44.6 Å². The zero-order valence-electron chi connectivity index (χ0n) is 16.7. The van der Waals surface area contributed by atoms with Gasteiger partial charge in [-0.05, 0) is 49.2 Å². The van der Waals surface area contributed by atoms with Gasteiger partial charge >= 0.3 is 0 Å². The van der Waals surface area contributed by atoms with Crippen LogP contribution in [0.1, 0.15) is 34.8 Å². The van der Waals surface area contributed by atoms with Crippen LogP contribution in [-0.2, 0) is 0 Å². The molecule has 0 saturated carbocycles. The Morgan fingerprint density at radius 1 is 1.24 bits per heavy atom. The average Bonchev–Trinajstić information content (AvgIpc) is 3.21. The van der Waals surface area contributed by atoms with E-state index in [2.05, 4.69) is 15.8 Å². The Morgan fingerprint density at radius 2 is 2.10 bits per heavy atom. The van der Waals surface area contributed by atoms with Gasteiger partial charge in [0.2, 0.25) is 0 Å². The highest BCUT2D eigenvalue weighted by Gasteiger charge is 2.33. The van der Waals surface area contributed by atoms with Crippen molar-refractivity contribution in [2.45, 2.75) is 18.9 Å². The minimum absolute atomic E-state index is 0.0185. The second kappa shape index (κ2) is 9.03. The van der Waals surface area contributed by atoms with Gasteiger partial charge in [-0.3, -0.25) is 10.2 Å². The molecule has 2 heterocycles. The van der Waals surface area contributed by atoms with Crippen molar-refractivity contribution in [2.24, 2.45) is 11.8 Å². The number of hydrogen-bond donors (Lipinski definition) is 2. The molecule has 2 aromatic carbocycles. The summed E-state index contributed by atoms with van der Waals surface area (Å²) in [5, 5.41) is 0. The van der Waals surface area contributed by atoms with Crippen molar-refractivity contribution in [1.82, 2.24) is 15.8 Å². The highest BCUT2D eigenvalue weighted by molar-refractivity contribution is 6.00. The van der Waals surface area contributed by atoms with Gasteiger partial charge in [-0.2, -0.15) is 0 Å². The maximum Gasteiger partial charge on any atom is 0.170 e. The van der Waals surface area contributed by atoms with E-state index in [1.165, 1.54) is 6.07 Å². The predicted molar refractivity (Wildman–Crippen MR) is 110 cm³/mol. The summed E-state index contributed by atoms with van der Waals surface area (Å²) in [7, 11) is 1.60. The van der Waals surface area contributed by atoms with E-state index in [1.807, 2.05) is 30.3 Å². The quantitative estimate of drug-likeness (QED) is 0.734. The summed E-state index contributed by atoms with van der Waals surface area (Å²) >= 11 is 0. The molecule has 6 heteroatoms. The summed E-state index contributed by atoms with van der Waals surface area (Å²) in [6.07, 6.45) is 1.91. The molecule has 154 valence electrons. The standard InChI is InChI=1S/C23H28FN3O2/c1-29-21-10-3-2-9-20(21)23(28)17-7-5-11-27(14-17)15-18-13-25-26-22(18)16-6-4-8-19(24)12-16/h2-4,6,8-10,12,17-18,22,25-26H,5,7,11,13-15H2,1H3. The fourth-order valence-electron chi connectivity index (χ4n) is 4.60.